The number of benzene rings is 1. The molecule has 0 aromatic heterocycles. The summed E-state index contributed by atoms with van der Waals surface area (Å²) in [5.41, 5.74) is 0.766. The molecule has 2 rings (SSSR count). The molecule has 0 fully saturated rings. The molecule has 102 valence electrons. The molecule has 2 amide bonds. The van der Waals surface area contributed by atoms with Gasteiger partial charge >= 0.3 is 0 Å². The highest BCUT2D eigenvalue weighted by Crippen LogP contribution is 2.33. The topological polar surface area (TPSA) is 58.2 Å². The maximum absolute atomic E-state index is 12.0. The van der Waals surface area contributed by atoms with Crippen LogP contribution in [0.4, 0.5) is 11.4 Å². The number of alkyl halides is 1. The Labute approximate surface area is 121 Å². The van der Waals surface area contributed by atoms with E-state index in [-0.39, 0.29) is 17.7 Å². The summed E-state index contributed by atoms with van der Waals surface area (Å²) in [4.78, 5) is 24.3. The lowest BCUT2D eigenvalue weighted by atomic mass is 9.95. The second-order valence-corrected chi connectivity index (χ2v) is 6.30. The van der Waals surface area contributed by atoms with E-state index in [0.717, 1.165) is 10.6 Å². The predicted octanol–water partition coefficient (Wildman–Crippen LogP) is 2.93. The highest BCUT2D eigenvalue weighted by Gasteiger charge is 2.26. The van der Waals surface area contributed by atoms with E-state index in [1.807, 2.05) is 12.1 Å². The molecule has 0 aliphatic carbocycles. The summed E-state index contributed by atoms with van der Waals surface area (Å²) in [7, 11) is 0. The molecule has 2 N–H and O–H groups in total. The van der Waals surface area contributed by atoms with Gasteiger partial charge in [-0.1, -0.05) is 0 Å². The Balaban J connectivity index is 2.17. The number of nitrogens with one attached hydrogen (secondary N) is 2. The maximum Gasteiger partial charge on any atom is 0.234 e. The zero-order valence-electron chi connectivity index (χ0n) is 10.7. The molecule has 0 spiro atoms. The van der Waals surface area contributed by atoms with Crippen LogP contribution in [0.5, 0.6) is 0 Å². The average Bonchev–Trinajstić information content (AvgIpc) is 2.38. The van der Waals surface area contributed by atoms with Crippen LogP contribution in [-0.2, 0) is 9.59 Å². The molecule has 0 bridgehead atoms. The Bertz CT molecular complexity index is 531. The van der Waals surface area contributed by atoms with Crippen molar-refractivity contribution in [1.29, 1.82) is 0 Å². The first-order valence-electron chi connectivity index (χ1n) is 5.86. The first-order valence-corrected chi connectivity index (χ1v) is 7.38. The van der Waals surface area contributed by atoms with E-state index >= 15 is 0 Å². The van der Waals surface area contributed by atoms with E-state index in [9.17, 15) is 9.59 Å². The van der Waals surface area contributed by atoms with Crippen molar-refractivity contribution < 1.29 is 9.59 Å². The number of amides is 2. The maximum atomic E-state index is 12.0. The lowest BCUT2D eigenvalue weighted by molar-refractivity contribution is -0.123. The number of hydrogen-bond donors (Lipinski definition) is 2. The number of halogens is 1. The van der Waals surface area contributed by atoms with Gasteiger partial charge < -0.3 is 10.6 Å². The van der Waals surface area contributed by atoms with Crippen LogP contribution in [0, 0.1) is 5.41 Å². The number of fused-ring (bicyclic) bond motifs is 1. The lowest BCUT2D eigenvalue weighted by Gasteiger charge is -2.22. The van der Waals surface area contributed by atoms with Crippen LogP contribution < -0.4 is 10.6 Å². The molecule has 0 saturated carbocycles. The van der Waals surface area contributed by atoms with Crippen LogP contribution >= 0.6 is 23.4 Å². The molecule has 6 heteroatoms. The number of anilines is 2. The normalized spacial score (nSPS) is 14.6. The minimum atomic E-state index is -0.630. The van der Waals surface area contributed by atoms with Crippen molar-refractivity contribution in [3.05, 3.63) is 18.2 Å². The zero-order chi connectivity index (χ0) is 14.0. The highest BCUT2D eigenvalue weighted by atomic mass is 35.5. The van der Waals surface area contributed by atoms with Gasteiger partial charge in [0.2, 0.25) is 11.8 Å². The van der Waals surface area contributed by atoms with Crippen molar-refractivity contribution in [3.63, 3.8) is 0 Å². The Morgan fingerprint density at radius 2 is 2.26 bits per heavy atom. The Kier molecular flexibility index (Phi) is 4.06. The molecule has 19 heavy (non-hydrogen) atoms. The van der Waals surface area contributed by atoms with Gasteiger partial charge in [-0.25, -0.2) is 0 Å². The van der Waals surface area contributed by atoms with Crippen molar-refractivity contribution in [2.24, 2.45) is 5.41 Å². The summed E-state index contributed by atoms with van der Waals surface area (Å²) in [6, 6.07) is 5.48. The summed E-state index contributed by atoms with van der Waals surface area (Å²) in [6.07, 6.45) is 0. The van der Waals surface area contributed by atoms with E-state index in [2.05, 4.69) is 10.6 Å². The average molecular weight is 299 g/mol. The first-order chi connectivity index (χ1) is 8.92. The molecule has 4 nitrogen and oxygen atoms in total. The molecule has 1 heterocycles. The summed E-state index contributed by atoms with van der Waals surface area (Å²) in [6.45, 7) is 3.57. The van der Waals surface area contributed by atoms with Crippen molar-refractivity contribution in [1.82, 2.24) is 0 Å². The van der Waals surface area contributed by atoms with Crippen LogP contribution in [0.15, 0.2) is 23.1 Å². The quantitative estimate of drug-likeness (QED) is 0.844. The summed E-state index contributed by atoms with van der Waals surface area (Å²) < 4.78 is 0. The second kappa shape index (κ2) is 5.43. The fraction of sp³-hybridized carbons (Fsp3) is 0.385. The van der Waals surface area contributed by atoms with Crippen molar-refractivity contribution in [3.8, 4) is 0 Å². The van der Waals surface area contributed by atoms with Gasteiger partial charge in [-0.05, 0) is 32.0 Å². The molecule has 1 aromatic rings. The van der Waals surface area contributed by atoms with Crippen molar-refractivity contribution in [2.45, 2.75) is 18.7 Å². The number of carbonyl (C=O) groups is 2. The van der Waals surface area contributed by atoms with Crippen LogP contribution in [-0.4, -0.2) is 23.4 Å². The molecule has 0 atom stereocenters. The third-order valence-corrected chi connectivity index (χ3v) is 4.56. The van der Waals surface area contributed by atoms with Gasteiger partial charge in [0.25, 0.3) is 0 Å². The molecule has 1 aromatic carbocycles. The van der Waals surface area contributed by atoms with Crippen LogP contribution in [0.1, 0.15) is 13.8 Å². The predicted molar refractivity (Wildman–Crippen MR) is 78.9 cm³/mol. The smallest absolute Gasteiger partial charge is 0.234 e. The van der Waals surface area contributed by atoms with Gasteiger partial charge in [0.15, 0.2) is 0 Å². The Morgan fingerprint density at radius 3 is 2.95 bits per heavy atom. The largest absolute Gasteiger partial charge is 0.326 e. The minimum absolute atomic E-state index is 0.0259. The van der Waals surface area contributed by atoms with Crippen LogP contribution in [0.25, 0.3) is 0 Å². The van der Waals surface area contributed by atoms with E-state index in [4.69, 9.17) is 11.6 Å². The van der Waals surface area contributed by atoms with Gasteiger partial charge in [-0.3, -0.25) is 9.59 Å². The van der Waals surface area contributed by atoms with Gasteiger partial charge in [-0.15, -0.1) is 23.4 Å². The molecular formula is C13H15ClN2O2S. The Morgan fingerprint density at radius 1 is 1.53 bits per heavy atom. The number of carbonyl (C=O) groups excluding carboxylic acids is 2. The van der Waals surface area contributed by atoms with Gasteiger partial charge in [0.05, 0.1) is 16.9 Å². The van der Waals surface area contributed by atoms with Gasteiger partial charge in [-0.2, -0.15) is 0 Å². The van der Waals surface area contributed by atoms with Gasteiger partial charge in [0, 0.05) is 16.5 Å². The zero-order valence-corrected chi connectivity index (χ0v) is 12.3. The monoisotopic (exact) mass is 298 g/mol. The van der Waals surface area contributed by atoms with E-state index in [0.29, 0.717) is 11.4 Å². The van der Waals surface area contributed by atoms with Crippen LogP contribution in [0.3, 0.4) is 0 Å². The molecule has 0 radical (unpaired) electrons. The minimum Gasteiger partial charge on any atom is -0.326 e. The first kappa shape index (κ1) is 14.2. The number of thioether (sulfide) groups is 1. The van der Waals surface area contributed by atoms with Gasteiger partial charge in [0.1, 0.15) is 0 Å². The fourth-order valence-electron chi connectivity index (χ4n) is 1.52. The molecular weight excluding hydrogens is 284 g/mol. The SMILES string of the molecule is CC(C)(CCl)C(=O)Nc1ccc2c(c1)NC(=O)CS2. The molecule has 0 unspecified atom stereocenters. The van der Waals surface area contributed by atoms with E-state index in [1.165, 1.54) is 11.8 Å². The Hall–Kier alpha value is -1.20. The fourth-order valence-corrected chi connectivity index (χ4v) is 2.43. The van der Waals surface area contributed by atoms with E-state index in [1.54, 1.807) is 19.9 Å². The molecule has 1 aliphatic heterocycles. The lowest BCUT2D eigenvalue weighted by Crippen LogP contribution is -2.32. The summed E-state index contributed by atoms with van der Waals surface area (Å²) >= 11 is 7.26. The summed E-state index contributed by atoms with van der Waals surface area (Å²) in [5.74, 6) is 0.508. The van der Waals surface area contributed by atoms with Crippen LogP contribution in [0.2, 0.25) is 0 Å². The van der Waals surface area contributed by atoms with Crippen molar-refractivity contribution >= 4 is 46.6 Å². The highest BCUT2D eigenvalue weighted by molar-refractivity contribution is 8.00. The molecule has 1 aliphatic rings. The molecule has 0 saturated heterocycles. The van der Waals surface area contributed by atoms with E-state index < -0.39 is 5.41 Å². The van der Waals surface area contributed by atoms with Crippen molar-refractivity contribution in [2.75, 3.05) is 22.3 Å². The second-order valence-electron chi connectivity index (χ2n) is 5.02. The third-order valence-electron chi connectivity index (χ3n) is 2.82. The summed E-state index contributed by atoms with van der Waals surface area (Å²) in [5, 5.41) is 5.60. The number of hydrogen-bond acceptors (Lipinski definition) is 3. The third kappa shape index (κ3) is 3.22. The standard InChI is InChI=1S/C13H15ClN2O2S/c1-13(2,7-14)12(18)15-8-3-4-10-9(5-8)16-11(17)6-19-10/h3-5H,6-7H2,1-2H3,(H,15,18)(H,16,17). The number of rotatable bonds is 3.